The highest BCUT2D eigenvalue weighted by Gasteiger charge is 2.30. The summed E-state index contributed by atoms with van der Waals surface area (Å²) in [6.45, 7) is 5.40. The van der Waals surface area contributed by atoms with E-state index in [0.717, 1.165) is 58.1 Å². The molecule has 1 atom stereocenters. The van der Waals surface area contributed by atoms with E-state index in [9.17, 15) is 4.79 Å². The number of carbonyl (C=O) groups is 1. The fraction of sp³-hybridized carbons (Fsp3) is 0.619. The predicted molar refractivity (Wildman–Crippen MR) is 111 cm³/mol. The Balaban J connectivity index is 1.49. The molecule has 28 heavy (non-hydrogen) atoms. The Morgan fingerprint density at radius 3 is 2.57 bits per heavy atom. The van der Waals surface area contributed by atoms with Crippen LogP contribution in [0.5, 0.6) is 0 Å². The molecular formula is C21H33N5O2. The van der Waals surface area contributed by atoms with Gasteiger partial charge in [-0.3, -0.25) is 9.79 Å². The Bertz CT molecular complexity index is 677. The number of hydrogen-bond donors (Lipinski definition) is 1. The van der Waals surface area contributed by atoms with Gasteiger partial charge < -0.3 is 24.8 Å². The molecule has 2 aliphatic heterocycles. The van der Waals surface area contributed by atoms with Gasteiger partial charge in [-0.15, -0.1) is 0 Å². The van der Waals surface area contributed by atoms with E-state index in [-0.39, 0.29) is 12.0 Å². The minimum Gasteiger partial charge on any atom is -0.368 e. The molecule has 1 N–H and O–H groups in total. The van der Waals surface area contributed by atoms with Gasteiger partial charge in [-0.1, -0.05) is 24.3 Å². The lowest BCUT2D eigenvalue weighted by Crippen LogP contribution is -2.55. The number of nitrogens with one attached hydrogen (secondary N) is 1. The molecule has 154 valence electrons. The molecule has 0 saturated carbocycles. The molecule has 0 aromatic heterocycles. The average Bonchev–Trinajstić information content (AvgIpc) is 3.23. The van der Waals surface area contributed by atoms with Crippen molar-refractivity contribution in [2.24, 2.45) is 4.99 Å². The summed E-state index contributed by atoms with van der Waals surface area (Å²) < 4.78 is 5.54. The van der Waals surface area contributed by atoms with Crippen LogP contribution >= 0.6 is 0 Å². The lowest BCUT2D eigenvalue weighted by atomic mass is 10.1. The second-order valence-corrected chi connectivity index (χ2v) is 7.77. The highest BCUT2D eigenvalue weighted by molar-refractivity contribution is 5.82. The first-order valence-electron chi connectivity index (χ1n) is 10.2. The summed E-state index contributed by atoms with van der Waals surface area (Å²) in [5.41, 5.74) is 2.55. The van der Waals surface area contributed by atoms with E-state index in [2.05, 4.69) is 58.5 Å². The first-order valence-corrected chi connectivity index (χ1v) is 10.2. The van der Waals surface area contributed by atoms with Crippen molar-refractivity contribution in [1.29, 1.82) is 0 Å². The Morgan fingerprint density at radius 2 is 1.93 bits per heavy atom. The molecule has 1 aromatic rings. The zero-order valence-corrected chi connectivity index (χ0v) is 17.4. The summed E-state index contributed by atoms with van der Waals surface area (Å²) in [6.07, 6.45) is 1.62. The summed E-state index contributed by atoms with van der Waals surface area (Å²) in [5, 5.41) is 3.47. The number of piperazine rings is 1. The number of benzene rings is 1. The van der Waals surface area contributed by atoms with Crippen molar-refractivity contribution >= 4 is 11.9 Å². The quantitative estimate of drug-likeness (QED) is 0.607. The third-order valence-corrected chi connectivity index (χ3v) is 5.25. The van der Waals surface area contributed by atoms with E-state index in [0.29, 0.717) is 6.61 Å². The molecule has 7 nitrogen and oxygen atoms in total. The molecule has 1 unspecified atom stereocenters. The number of rotatable bonds is 5. The van der Waals surface area contributed by atoms with Crippen molar-refractivity contribution in [3.63, 3.8) is 0 Å². The van der Waals surface area contributed by atoms with Crippen LogP contribution in [0.2, 0.25) is 0 Å². The topological polar surface area (TPSA) is 60.4 Å². The van der Waals surface area contributed by atoms with Crippen molar-refractivity contribution in [3.8, 4) is 0 Å². The third-order valence-electron chi connectivity index (χ3n) is 5.25. The number of hydrogen-bond acceptors (Lipinski definition) is 4. The average molecular weight is 388 g/mol. The van der Waals surface area contributed by atoms with Gasteiger partial charge in [-0.2, -0.15) is 0 Å². The van der Waals surface area contributed by atoms with Gasteiger partial charge >= 0.3 is 0 Å². The maximum absolute atomic E-state index is 12.5. The molecule has 2 heterocycles. The lowest BCUT2D eigenvalue weighted by molar-refractivity contribution is -0.142. The van der Waals surface area contributed by atoms with E-state index >= 15 is 0 Å². The molecule has 1 amide bonds. The molecule has 7 heteroatoms. The van der Waals surface area contributed by atoms with E-state index in [1.807, 2.05) is 11.9 Å². The monoisotopic (exact) mass is 387 g/mol. The number of amides is 1. The summed E-state index contributed by atoms with van der Waals surface area (Å²) in [6, 6.07) is 8.63. The Labute approximate surface area is 168 Å². The molecular weight excluding hydrogens is 354 g/mol. The minimum atomic E-state index is -0.224. The van der Waals surface area contributed by atoms with Crippen LogP contribution in [0.15, 0.2) is 29.3 Å². The molecule has 3 rings (SSSR count). The summed E-state index contributed by atoms with van der Waals surface area (Å²) >= 11 is 0. The molecule has 0 aliphatic carbocycles. The fourth-order valence-corrected chi connectivity index (χ4v) is 3.83. The number of guanidine groups is 1. The van der Waals surface area contributed by atoms with Gasteiger partial charge in [0.15, 0.2) is 5.96 Å². The SMILES string of the molecule is CN=C(NCc1cccc(CN(C)C)c1)N1CCN(C(=O)C2CCCO2)CC1. The van der Waals surface area contributed by atoms with Crippen LogP contribution in [-0.2, 0) is 22.6 Å². The van der Waals surface area contributed by atoms with Crippen LogP contribution in [0.1, 0.15) is 24.0 Å². The van der Waals surface area contributed by atoms with Crippen LogP contribution in [-0.4, -0.2) is 86.6 Å². The van der Waals surface area contributed by atoms with E-state index in [4.69, 9.17) is 4.74 Å². The van der Waals surface area contributed by atoms with Gasteiger partial charge in [-0.25, -0.2) is 0 Å². The van der Waals surface area contributed by atoms with Gasteiger partial charge in [0.2, 0.25) is 0 Å². The van der Waals surface area contributed by atoms with Crippen molar-refractivity contribution in [2.75, 3.05) is 53.9 Å². The fourth-order valence-electron chi connectivity index (χ4n) is 3.83. The first kappa shape index (κ1) is 20.6. The number of nitrogens with zero attached hydrogens (tertiary/aromatic N) is 4. The first-order chi connectivity index (χ1) is 13.6. The lowest BCUT2D eigenvalue weighted by Gasteiger charge is -2.37. The van der Waals surface area contributed by atoms with Gasteiger partial charge in [0, 0.05) is 52.9 Å². The summed E-state index contributed by atoms with van der Waals surface area (Å²) in [5.74, 6) is 1.04. The van der Waals surface area contributed by atoms with Crippen LogP contribution in [0.25, 0.3) is 0 Å². The zero-order chi connectivity index (χ0) is 19.9. The summed E-state index contributed by atoms with van der Waals surface area (Å²) in [4.78, 5) is 23.3. The number of aliphatic imine (C=N–C) groups is 1. The standard InChI is InChI=1S/C21H33N5O2/c1-22-21(23-15-17-6-4-7-18(14-17)16-24(2)3)26-11-9-25(10-12-26)20(27)19-8-5-13-28-19/h4,6-7,14,19H,5,8-13,15-16H2,1-3H3,(H,22,23). The maximum atomic E-state index is 12.5. The van der Waals surface area contributed by atoms with Gasteiger partial charge in [0.1, 0.15) is 6.10 Å². The minimum absolute atomic E-state index is 0.151. The Kier molecular flexibility index (Phi) is 7.28. The zero-order valence-electron chi connectivity index (χ0n) is 17.4. The van der Waals surface area contributed by atoms with E-state index < -0.39 is 0 Å². The maximum Gasteiger partial charge on any atom is 0.251 e. The molecule has 2 aliphatic rings. The molecule has 1 aromatic carbocycles. The van der Waals surface area contributed by atoms with Gasteiger partial charge in [0.05, 0.1) is 0 Å². The highest BCUT2D eigenvalue weighted by Crippen LogP contribution is 2.16. The molecule has 2 fully saturated rings. The Morgan fingerprint density at radius 1 is 1.21 bits per heavy atom. The third kappa shape index (κ3) is 5.45. The van der Waals surface area contributed by atoms with Crippen molar-refractivity contribution < 1.29 is 9.53 Å². The Hall–Kier alpha value is -2.12. The number of ether oxygens (including phenoxy) is 1. The van der Waals surface area contributed by atoms with Crippen LogP contribution in [0.3, 0.4) is 0 Å². The smallest absolute Gasteiger partial charge is 0.251 e. The van der Waals surface area contributed by atoms with Gasteiger partial charge in [-0.05, 0) is 38.1 Å². The summed E-state index contributed by atoms with van der Waals surface area (Å²) in [7, 11) is 5.97. The molecule has 0 radical (unpaired) electrons. The predicted octanol–water partition coefficient (Wildman–Crippen LogP) is 1.15. The second-order valence-electron chi connectivity index (χ2n) is 7.77. The van der Waals surface area contributed by atoms with Crippen LogP contribution in [0.4, 0.5) is 0 Å². The van der Waals surface area contributed by atoms with E-state index in [1.165, 1.54) is 11.1 Å². The number of carbonyl (C=O) groups excluding carboxylic acids is 1. The van der Waals surface area contributed by atoms with Crippen molar-refractivity contribution in [2.45, 2.75) is 32.0 Å². The normalized spacial score (nSPS) is 20.7. The molecule has 0 bridgehead atoms. The van der Waals surface area contributed by atoms with Gasteiger partial charge in [0.25, 0.3) is 5.91 Å². The molecule has 2 saturated heterocycles. The molecule has 0 spiro atoms. The highest BCUT2D eigenvalue weighted by atomic mass is 16.5. The van der Waals surface area contributed by atoms with Crippen LogP contribution < -0.4 is 5.32 Å². The van der Waals surface area contributed by atoms with Crippen LogP contribution in [0, 0.1) is 0 Å². The van der Waals surface area contributed by atoms with E-state index in [1.54, 1.807) is 0 Å². The van der Waals surface area contributed by atoms with Crippen molar-refractivity contribution in [3.05, 3.63) is 35.4 Å². The largest absolute Gasteiger partial charge is 0.368 e. The van der Waals surface area contributed by atoms with Crippen molar-refractivity contribution in [1.82, 2.24) is 20.0 Å². The second kappa shape index (κ2) is 9.89.